The summed E-state index contributed by atoms with van der Waals surface area (Å²) in [5.41, 5.74) is 10.9. The van der Waals surface area contributed by atoms with Gasteiger partial charge in [-0.2, -0.15) is 5.10 Å². The van der Waals surface area contributed by atoms with Crippen molar-refractivity contribution in [3.05, 3.63) is 59.8 Å². The first kappa shape index (κ1) is 13.8. The predicted molar refractivity (Wildman–Crippen MR) is 87.8 cm³/mol. The van der Waals surface area contributed by atoms with E-state index in [1.165, 1.54) is 11.1 Å². The second-order valence-electron chi connectivity index (χ2n) is 5.60. The lowest BCUT2D eigenvalue weighted by Gasteiger charge is -2.13. The highest BCUT2D eigenvalue weighted by molar-refractivity contribution is 5.80. The molecule has 3 nitrogen and oxygen atoms in total. The first-order chi connectivity index (χ1) is 10.2. The molecule has 2 N–H and O–H groups in total. The molecule has 1 unspecified atom stereocenters. The van der Waals surface area contributed by atoms with E-state index in [4.69, 9.17) is 5.73 Å². The van der Waals surface area contributed by atoms with Gasteiger partial charge in [-0.3, -0.25) is 0 Å². The third-order valence-corrected chi connectivity index (χ3v) is 4.05. The second kappa shape index (κ2) is 5.70. The van der Waals surface area contributed by atoms with E-state index < -0.39 is 0 Å². The fourth-order valence-corrected chi connectivity index (χ4v) is 2.65. The Kier molecular flexibility index (Phi) is 3.76. The Morgan fingerprint density at radius 1 is 1.19 bits per heavy atom. The van der Waals surface area contributed by atoms with Crippen LogP contribution >= 0.6 is 0 Å². The van der Waals surface area contributed by atoms with Crippen LogP contribution in [0.2, 0.25) is 0 Å². The molecule has 3 heteroatoms. The average Bonchev–Trinajstić information content (AvgIpc) is 2.93. The van der Waals surface area contributed by atoms with Gasteiger partial charge in [0.25, 0.3) is 0 Å². The third kappa shape index (κ3) is 2.69. The summed E-state index contributed by atoms with van der Waals surface area (Å²) < 4.78 is 1.99. The van der Waals surface area contributed by atoms with E-state index in [2.05, 4.69) is 49.3 Å². The molecule has 3 rings (SSSR count). The van der Waals surface area contributed by atoms with Crippen molar-refractivity contribution in [3.8, 4) is 5.69 Å². The third-order valence-electron chi connectivity index (χ3n) is 4.05. The summed E-state index contributed by atoms with van der Waals surface area (Å²) in [7, 11) is 0. The van der Waals surface area contributed by atoms with Crippen molar-refractivity contribution in [2.24, 2.45) is 5.73 Å². The number of nitrogens with zero attached hydrogens (tertiary/aromatic N) is 2. The van der Waals surface area contributed by atoms with Crippen molar-refractivity contribution in [3.63, 3.8) is 0 Å². The summed E-state index contributed by atoms with van der Waals surface area (Å²) in [4.78, 5) is 0. The molecule has 2 aromatic carbocycles. The van der Waals surface area contributed by atoms with Gasteiger partial charge in [0.1, 0.15) is 0 Å². The Bertz CT molecular complexity index is 758. The highest BCUT2D eigenvalue weighted by Gasteiger charge is 2.08. The maximum atomic E-state index is 6.06. The van der Waals surface area contributed by atoms with Crippen LogP contribution in [0.1, 0.15) is 24.5 Å². The van der Waals surface area contributed by atoms with Crippen molar-refractivity contribution in [1.29, 1.82) is 0 Å². The maximum Gasteiger partial charge on any atom is 0.0741 e. The Morgan fingerprint density at radius 3 is 2.76 bits per heavy atom. The Hall–Kier alpha value is -2.13. The van der Waals surface area contributed by atoms with E-state index in [1.807, 2.05) is 23.0 Å². The van der Waals surface area contributed by atoms with Crippen molar-refractivity contribution in [2.45, 2.75) is 32.7 Å². The number of hydrogen-bond acceptors (Lipinski definition) is 2. The predicted octanol–water partition coefficient (Wildman–Crippen LogP) is 3.61. The number of para-hydroxylation sites is 1. The lowest BCUT2D eigenvalue weighted by atomic mass is 9.99. The first-order valence-corrected chi connectivity index (χ1v) is 7.47. The summed E-state index contributed by atoms with van der Waals surface area (Å²) in [5.74, 6) is 0. The van der Waals surface area contributed by atoms with Gasteiger partial charge in [-0.05, 0) is 49.1 Å². The minimum Gasteiger partial charge on any atom is -0.327 e. The molecule has 21 heavy (non-hydrogen) atoms. The molecule has 3 aromatic rings. The van der Waals surface area contributed by atoms with Gasteiger partial charge < -0.3 is 5.73 Å². The Balaban J connectivity index is 1.98. The molecule has 0 fully saturated rings. The van der Waals surface area contributed by atoms with Crippen LogP contribution in [-0.4, -0.2) is 15.8 Å². The Morgan fingerprint density at radius 2 is 2.00 bits per heavy atom. The number of benzene rings is 2. The SMILES string of the molecule is CCC(N)Cc1ccc(-n2ncc3ccccc32)cc1C. The number of aromatic nitrogens is 2. The van der Waals surface area contributed by atoms with E-state index >= 15 is 0 Å². The topological polar surface area (TPSA) is 43.8 Å². The van der Waals surface area contributed by atoms with Crippen LogP contribution < -0.4 is 5.73 Å². The lowest BCUT2D eigenvalue weighted by Crippen LogP contribution is -2.21. The van der Waals surface area contributed by atoms with Crippen LogP contribution in [0.5, 0.6) is 0 Å². The van der Waals surface area contributed by atoms with Gasteiger partial charge in [0.15, 0.2) is 0 Å². The molecule has 0 aliphatic rings. The van der Waals surface area contributed by atoms with Crippen LogP contribution in [-0.2, 0) is 6.42 Å². The lowest BCUT2D eigenvalue weighted by molar-refractivity contribution is 0.644. The molecular weight excluding hydrogens is 258 g/mol. The second-order valence-corrected chi connectivity index (χ2v) is 5.60. The smallest absolute Gasteiger partial charge is 0.0741 e. The molecule has 0 saturated heterocycles. The van der Waals surface area contributed by atoms with Crippen LogP contribution in [0, 0.1) is 6.92 Å². The number of fused-ring (bicyclic) bond motifs is 1. The van der Waals surface area contributed by atoms with E-state index in [1.54, 1.807) is 0 Å². The average molecular weight is 279 g/mol. The number of aryl methyl sites for hydroxylation is 1. The van der Waals surface area contributed by atoms with Crippen LogP contribution in [0.3, 0.4) is 0 Å². The normalized spacial score (nSPS) is 12.7. The highest BCUT2D eigenvalue weighted by Crippen LogP contribution is 2.21. The molecule has 0 bridgehead atoms. The molecule has 0 aliphatic heterocycles. The van der Waals surface area contributed by atoms with Crippen molar-refractivity contribution in [1.82, 2.24) is 9.78 Å². The van der Waals surface area contributed by atoms with Crippen LogP contribution in [0.4, 0.5) is 0 Å². The summed E-state index contributed by atoms with van der Waals surface area (Å²) in [5, 5.41) is 5.66. The minimum atomic E-state index is 0.236. The summed E-state index contributed by atoms with van der Waals surface area (Å²) in [6.07, 6.45) is 3.85. The zero-order valence-corrected chi connectivity index (χ0v) is 12.6. The first-order valence-electron chi connectivity index (χ1n) is 7.47. The van der Waals surface area contributed by atoms with E-state index in [0.717, 1.165) is 29.4 Å². The number of rotatable bonds is 4. The molecule has 0 radical (unpaired) electrons. The molecule has 0 aliphatic carbocycles. The monoisotopic (exact) mass is 279 g/mol. The molecule has 1 atom stereocenters. The number of nitrogens with two attached hydrogens (primary N) is 1. The zero-order chi connectivity index (χ0) is 14.8. The summed E-state index contributed by atoms with van der Waals surface area (Å²) in [6.45, 7) is 4.27. The molecule has 108 valence electrons. The van der Waals surface area contributed by atoms with Gasteiger partial charge in [-0.25, -0.2) is 4.68 Å². The van der Waals surface area contributed by atoms with Gasteiger partial charge in [-0.15, -0.1) is 0 Å². The van der Waals surface area contributed by atoms with Gasteiger partial charge in [-0.1, -0.05) is 31.2 Å². The van der Waals surface area contributed by atoms with Gasteiger partial charge in [0.2, 0.25) is 0 Å². The van der Waals surface area contributed by atoms with Gasteiger partial charge >= 0.3 is 0 Å². The number of hydrogen-bond donors (Lipinski definition) is 1. The molecule has 0 amide bonds. The molecular formula is C18H21N3. The Labute approximate surface area is 125 Å². The zero-order valence-electron chi connectivity index (χ0n) is 12.6. The fraction of sp³-hybridized carbons (Fsp3) is 0.278. The van der Waals surface area contributed by atoms with Crippen molar-refractivity contribution < 1.29 is 0 Å². The quantitative estimate of drug-likeness (QED) is 0.792. The van der Waals surface area contributed by atoms with E-state index in [0.29, 0.717) is 0 Å². The van der Waals surface area contributed by atoms with Crippen LogP contribution in [0.25, 0.3) is 16.6 Å². The van der Waals surface area contributed by atoms with Crippen LogP contribution in [0.15, 0.2) is 48.7 Å². The maximum absolute atomic E-state index is 6.06. The largest absolute Gasteiger partial charge is 0.327 e. The molecule has 1 heterocycles. The van der Waals surface area contributed by atoms with E-state index in [9.17, 15) is 0 Å². The van der Waals surface area contributed by atoms with Gasteiger partial charge in [0, 0.05) is 11.4 Å². The van der Waals surface area contributed by atoms with Gasteiger partial charge in [0.05, 0.1) is 17.4 Å². The standard InChI is InChI=1S/C18H21N3/c1-3-16(19)11-14-8-9-17(10-13(14)2)21-18-7-5-4-6-15(18)12-20-21/h4-10,12,16H,3,11,19H2,1-2H3. The summed E-state index contributed by atoms with van der Waals surface area (Å²) >= 11 is 0. The molecule has 0 saturated carbocycles. The highest BCUT2D eigenvalue weighted by atomic mass is 15.3. The molecule has 1 aromatic heterocycles. The molecule has 0 spiro atoms. The summed E-state index contributed by atoms with van der Waals surface area (Å²) in [6, 6.07) is 15.0. The van der Waals surface area contributed by atoms with Crippen molar-refractivity contribution >= 4 is 10.9 Å². The minimum absolute atomic E-state index is 0.236. The van der Waals surface area contributed by atoms with E-state index in [-0.39, 0.29) is 6.04 Å². The fourth-order valence-electron chi connectivity index (χ4n) is 2.65. The van der Waals surface area contributed by atoms with Crippen molar-refractivity contribution in [2.75, 3.05) is 0 Å².